The van der Waals surface area contributed by atoms with Gasteiger partial charge in [-0.05, 0) is 26.0 Å². The topological polar surface area (TPSA) is 93.2 Å². The van der Waals surface area contributed by atoms with Crippen molar-refractivity contribution in [3.05, 3.63) is 35.4 Å². The molecule has 0 spiro atoms. The van der Waals surface area contributed by atoms with Gasteiger partial charge >= 0.3 is 0 Å². The van der Waals surface area contributed by atoms with Crippen LogP contribution in [0.15, 0.2) is 24.3 Å². The van der Waals surface area contributed by atoms with Gasteiger partial charge in [-0.25, -0.2) is 0 Å². The minimum atomic E-state index is -0.536. The molecular formula is C22H30N4O3. The molecule has 0 fully saturated rings. The lowest BCUT2D eigenvalue weighted by Crippen LogP contribution is -2.28. The summed E-state index contributed by atoms with van der Waals surface area (Å²) in [7, 11) is 0. The van der Waals surface area contributed by atoms with Crippen LogP contribution in [-0.2, 0) is 9.59 Å². The average molecular weight is 399 g/mol. The van der Waals surface area contributed by atoms with E-state index in [0.29, 0.717) is 23.4 Å². The molecule has 0 radical (unpaired) electrons. The highest BCUT2D eigenvalue weighted by atomic mass is 16.5. The molecule has 0 saturated carbocycles. The zero-order valence-corrected chi connectivity index (χ0v) is 18.4. The third-order valence-corrected chi connectivity index (χ3v) is 4.14. The van der Waals surface area contributed by atoms with E-state index in [9.17, 15) is 9.59 Å². The predicted octanol–water partition coefficient (Wildman–Crippen LogP) is 4.85. The molecule has 0 aliphatic carbocycles. The number of nitrogens with zero attached hydrogens (tertiary/aromatic N) is 2. The maximum atomic E-state index is 12.2. The number of hydrogen-bond donors (Lipinski definition) is 2. The van der Waals surface area contributed by atoms with Crippen molar-refractivity contribution in [2.75, 3.05) is 10.6 Å². The molecule has 2 heterocycles. The predicted molar refractivity (Wildman–Crippen MR) is 114 cm³/mol. The van der Waals surface area contributed by atoms with Crippen molar-refractivity contribution in [1.29, 1.82) is 0 Å². The molecule has 2 N–H and O–H groups in total. The van der Waals surface area contributed by atoms with Crippen LogP contribution >= 0.6 is 0 Å². The van der Waals surface area contributed by atoms with E-state index in [1.165, 1.54) is 0 Å². The number of rotatable bonds is 4. The van der Waals surface area contributed by atoms with Crippen LogP contribution in [0, 0.1) is 24.7 Å². The number of carbonyl (C=O) groups excluding carboxylic acids is 2. The number of nitrogens with one attached hydrogen (secondary N) is 2. The summed E-state index contributed by atoms with van der Waals surface area (Å²) in [5.41, 5.74) is 0.518. The summed E-state index contributed by atoms with van der Waals surface area (Å²) in [4.78, 5) is 33.3. The lowest BCUT2D eigenvalue weighted by molar-refractivity contribution is -0.123. The Hall–Kier alpha value is -2.96. The van der Waals surface area contributed by atoms with Crippen LogP contribution in [0.5, 0.6) is 11.8 Å². The Bertz CT molecular complexity index is 849. The maximum Gasteiger partial charge on any atom is 0.230 e. The number of anilines is 2. The molecule has 0 atom stereocenters. The Morgan fingerprint density at radius 3 is 1.38 bits per heavy atom. The minimum absolute atomic E-state index is 0.138. The van der Waals surface area contributed by atoms with E-state index in [-0.39, 0.29) is 11.8 Å². The molecule has 2 rings (SSSR count). The van der Waals surface area contributed by atoms with E-state index < -0.39 is 10.8 Å². The first kappa shape index (κ1) is 22.3. The summed E-state index contributed by atoms with van der Waals surface area (Å²) < 4.78 is 5.93. The summed E-state index contributed by atoms with van der Waals surface area (Å²) in [6.45, 7) is 14.7. The Balaban J connectivity index is 2.27. The highest BCUT2D eigenvalue weighted by molar-refractivity contribution is 5.94. The number of aryl methyl sites for hydroxylation is 2. The van der Waals surface area contributed by atoms with E-state index in [0.717, 1.165) is 11.1 Å². The van der Waals surface area contributed by atoms with Gasteiger partial charge in [-0.3, -0.25) is 9.59 Å². The number of carbonyl (C=O) groups is 2. The molecule has 0 aliphatic rings. The second-order valence-corrected chi connectivity index (χ2v) is 9.15. The summed E-state index contributed by atoms with van der Waals surface area (Å²) in [6, 6.07) is 7.10. The molecule has 7 nitrogen and oxygen atoms in total. The molecule has 0 aromatic carbocycles. The number of aromatic nitrogens is 2. The van der Waals surface area contributed by atoms with Gasteiger partial charge < -0.3 is 15.4 Å². The summed E-state index contributed by atoms with van der Waals surface area (Å²) in [6.07, 6.45) is 0. The first-order chi connectivity index (χ1) is 13.3. The molecule has 2 aromatic rings. The number of hydrogen-bond acceptors (Lipinski definition) is 5. The Morgan fingerprint density at radius 1 is 0.724 bits per heavy atom. The highest BCUT2D eigenvalue weighted by Gasteiger charge is 2.23. The van der Waals surface area contributed by atoms with Crippen molar-refractivity contribution in [3.63, 3.8) is 0 Å². The lowest BCUT2D eigenvalue weighted by Gasteiger charge is -2.18. The molecular weight excluding hydrogens is 368 g/mol. The van der Waals surface area contributed by atoms with Crippen molar-refractivity contribution in [3.8, 4) is 11.8 Å². The van der Waals surface area contributed by atoms with Crippen LogP contribution in [-0.4, -0.2) is 21.8 Å². The standard InChI is InChI=1S/C22H30N4O3/c1-13-9-11-15(25-19(27)21(3,4)5)23-17(13)29-18-14(2)10-12-16(24-18)26-20(28)22(6,7)8/h9-12H,1-8H3,(H,23,25,27)(H,24,26,28). The third-order valence-electron chi connectivity index (χ3n) is 4.14. The fourth-order valence-electron chi connectivity index (χ4n) is 2.07. The lowest BCUT2D eigenvalue weighted by atomic mass is 9.96. The Labute approximate surface area is 172 Å². The average Bonchev–Trinajstić information content (AvgIpc) is 2.59. The molecule has 0 bridgehead atoms. The molecule has 0 saturated heterocycles. The number of pyridine rings is 2. The zero-order chi connectivity index (χ0) is 22.0. The van der Waals surface area contributed by atoms with Crippen LogP contribution in [0.2, 0.25) is 0 Å². The summed E-state index contributed by atoms with van der Waals surface area (Å²) >= 11 is 0. The van der Waals surface area contributed by atoms with Crippen molar-refractivity contribution >= 4 is 23.5 Å². The van der Waals surface area contributed by atoms with Crippen molar-refractivity contribution in [2.45, 2.75) is 55.4 Å². The normalized spacial score (nSPS) is 11.7. The Morgan fingerprint density at radius 2 is 1.07 bits per heavy atom. The minimum Gasteiger partial charge on any atom is -0.420 e. The quantitative estimate of drug-likeness (QED) is 0.767. The fourth-order valence-corrected chi connectivity index (χ4v) is 2.07. The zero-order valence-electron chi connectivity index (χ0n) is 18.4. The fraction of sp³-hybridized carbons (Fsp3) is 0.455. The number of ether oxygens (including phenoxy) is 1. The molecule has 29 heavy (non-hydrogen) atoms. The monoisotopic (exact) mass is 398 g/mol. The van der Waals surface area contributed by atoms with Gasteiger partial charge in [-0.1, -0.05) is 53.7 Å². The van der Waals surface area contributed by atoms with E-state index in [2.05, 4.69) is 20.6 Å². The van der Waals surface area contributed by atoms with E-state index >= 15 is 0 Å². The van der Waals surface area contributed by atoms with Gasteiger partial charge in [0.25, 0.3) is 0 Å². The number of amides is 2. The van der Waals surface area contributed by atoms with Gasteiger partial charge in [0.05, 0.1) is 0 Å². The second-order valence-electron chi connectivity index (χ2n) is 9.15. The van der Waals surface area contributed by atoms with Gasteiger partial charge in [0.2, 0.25) is 23.6 Å². The summed E-state index contributed by atoms with van der Waals surface area (Å²) in [5, 5.41) is 5.59. The maximum absolute atomic E-state index is 12.2. The smallest absolute Gasteiger partial charge is 0.230 e. The van der Waals surface area contributed by atoms with E-state index in [1.807, 2.05) is 67.5 Å². The van der Waals surface area contributed by atoms with E-state index in [1.54, 1.807) is 12.1 Å². The SMILES string of the molecule is Cc1ccc(NC(=O)C(C)(C)C)nc1Oc1nc(NC(=O)C(C)(C)C)ccc1C. The van der Waals surface area contributed by atoms with Crippen LogP contribution in [0.1, 0.15) is 52.7 Å². The largest absolute Gasteiger partial charge is 0.420 e. The van der Waals surface area contributed by atoms with Crippen molar-refractivity contribution in [2.24, 2.45) is 10.8 Å². The highest BCUT2D eigenvalue weighted by Crippen LogP contribution is 2.28. The molecule has 7 heteroatoms. The Kier molecular flexibility index (Phi) is 6.30. The summed E-state index contributed by atoms with van der Waals surface area (Å²) in [5.74, 6) is 1.21. The van der Waals surface area contributed by atoms with Crippen molar-refractivity contribution < 1.29 is 14.3 Å². The van der Waals surface area contributed by atoms with Crippen molar-refractivity contribution in [1.82, 2.24) is 9.97 Å². The molecule has 156 valence electrons. The van der Waals surface area contributed by atoms with Crippen LogP contribution < -0.4 is 15.4 Å². The van der Waals surface area contributed by atoms with Crippen LogP contribution in [0.4, 0.5) is 11.6 Å². The van der Waals surface area contributed by atoms with Gasteiger partial charge in [0, 0.05) is 22.0 Å². The van der Waals surface area contributed by atoms with Crippen LogP contribution in [0.25, 0.3) is 0 Å². The van der Waals surface area contributed by atoms with Gasteiger partial charge in [-0.2, -0.15) is 9.97 Å². The first-order valence-corrected chi connectivity index (χ1v) is 9.53. The van der Waals surface area contributed by atoms with E-state index in [4.69, 9.17) is 4.74 Å². The van der Waals surface area contributed by atoms with Crippen LogP contribution in [0.3, 0.4) is 0 Å². The molecule has 0 aliphatic heterocycles. The third kappa shape index (κ3) is 6.01. The van der Waals surface area contributed by atoms with Gasteiger partial charge in [0.1, 0.15) is 11.6 Å². The van der Waals surface area contributed by atoms with Gasteiger partial charge in [0.15, 0.2) is 0 Å². The molecule has 2 amide bonds. The molecule has 2 aromatic heterocycles. The molecule has 0 unspecified atom stereocenters. The first-order valence-electron chi connectivity index (χ1n) is 9.53. The second kappa shape index (κ2) is 8.19. The van der Waals surface area contributed by atoms with Gasteiger partial charge in [-0.15, -0.1) is 0 Å².